The van der Waals surface area contributed by atoms with E-state index in [4.69, 9.17) is 16.3 Å². The number of benzene rings is 2. The summed E-state index contributed by atoms with van der Waals surface area (Å²) in [5, 5.41) is 5.08. The number of carbonyl (C=O) groups excluding carboxylic acids is 1. The molecule has 32 heavy (non-hydrogen) atoms. The van der Waals surface area contributed by atoms with E-state index in [9.17, 15) is 4.79 Å². The van der Waals surface area contributed by atoms with Crippen LogP contribution in [0.5, 0.6) is 5.75 Å². The molecular formula is C25H27ClN4O2. The molecule has 0 atom stereocenters. The number of hydrogen-bond acceptors (Lipinski definition) is 4. The predicted octanol–water partition coefficient (Wildman–Crippen LogP) is 4.26. The van der Waals surface area contributed by atoms with Crippen LogP contribution in [0.1, 0.15) is 16.8 Å². The largest absolute Gasteiger partial charge is 0.495 e. The van der Waals surface area contributed by atoms with E-state index in [-0.39, 0.29) is 5.91 Å². The zero-order chi connectivity index (χ0) is 22.5. The second-order valence-corrected chi connectivity index (χ2v) is 8.11. The monoisotopic (exact) mass is 450 g/mol. The lowest BCUT2D eigenvalue weighted by Crippen LogP contribution is -2.48. The number of amides is 1. The van der Waals surface area contributed by atoms with Crippen molar-refractivity contribution in [3.8, 4) is 5.75 Å². The summed E-state index contributed by atoms with van der Waals surface area (Å²) >= 11 is 6.57. The highest BCUT2D eigenvalue weighted by Gasteiger charge is 2.22. The standard InChI is InChI=1S/C25H27ClN4O2/c1-19-21(25(26)30(27-19)18-20-8-4-3-5-9-20)12-13-24(31)29-16-14-28(15-17-29)22-10-6-7-11-23(22)32-2/h3-13H,14-18H2,1-2H3. The first kappa shape index (κ1) is 22.0. The van der Waals surface area contributed by atoms with Crippen LogP contribution in [-0.2, 0) is 11.3 Å². The van der Waals surface area contributed by atoms with Crippen molar-refractivity contribution in [2.75, 3.05) is 38.2 Å². The normalized spacial score (nSPS) is 14.2. The Labute approximate surface area is 193 Å². The van der Waals surface area contributed by atoms with Crippen LogP contribution < -0.4 is 9.64 Å². The van der Waals surface area contributed by atoms with Gasteiger partial charge in [0, 0.05) is 37.8 Å². The van der Waals surface area contributed by atoms with Crippen LogP contribution >= 0.6 is 11.6 Å². The highest BCUT2D eigenvalue weighted by Crippen LogP contribution is 2.28. The van der Waals surface area contributed by atoms with Crippen LogP contribution in [0.25, 0.3) is 6.08 Å². The Hall–Kier alpha value is -3.25. The number of nitrogens with zero attached hydrogens (tertiary/aromatic N) is 4. The van der Waals surface area contributed by atoms with E-state index in [0.29, 0.717) is 24.8 Å². The minimum Gasteiger partial charge on any atom is -0.495 e. The molecule has 6 nitrogen and oxygen atoms in total. The molecule has 1 amide bonds. The van der Waals surface area contributed by atoms with Gasteiger partial charge in [-0.3, -0.25) is 4.79 Å². The molecule has 0 bridgehead atoms. The molecule has 0 N–H and O–H groups in total. The lowest BCUT2D eigenvalue weighted by molar-refractivity contribution is -0.126. The molecular weight excluding hydrogens is 424 g/mol. The van der Waals surface area contributed by atoms with Crippen molar-refractivity contribution in [2.24, 2.45) is 0 Å². The van der Waals surface area contributed by atoms with E-state index in [1.165, 1.54) is 0 Å². The fraction of sp³-hybridized carbons (Fsp3) is 0.280. The maximum Gasteiger partial charge on any atom is 0.246 e. The molecule has 2 aromatic carbocycles. The van der Waals surface area contributed by atoms with Gasteiger partial charge in [-0.25, -0.2) is 4.68 Å². The minimum atomic E-state index is -0.0176. The molecule has 3 aromatic rings. The van der Waals surface area contributed by atoms with Crippen LogP contribution in [-0.4, -0.2) is 53.9 Å². The van der Waals surface area contributed by atoms with E-state index in [1.54, 1.807) is 23.9 Å². The number of halogens is 1. The lowest BCUT2D eigenvalue weighted by Gasteiger charge is -2.36. The number of ether oxygens (including phenoxy) is 1. The third-order valence-corrected chi connectivity index (χ3v) is 6.09. The highest BCUT2D eigenvalue weighted by molar-refractivity contribution is 6.31. The van der Waals surface area contributed by atoms with Gasteiger partial charge >= 0.3 is 0 Å². The summed E-state index contributed by atoms with van der Waals surface area (Å²) in [6.07, 6.45) is 3.38. The Morgan fingerprint density at radius 1 is 1.06 bits per heavy atom. The van der Waals surface area contributed by atoms with E-state index in [2.05, 4.69) is 10.00 Å². The summed E-state index contributed by atoms with van der Waals surface area (Å²) in [6, 6.07) is 18.0. The molecule has 2 heterocycles. The minimum absolute atomic E-state index is 0.0176. The van der Waals surface area contributed by atoms with Gasteiger partial charge in [-0.05, 0) is 30.7 Å². The first-order chi connectivity index (χ1) is 15.6. The van der Waals surface area contributed by atoms with Crippen molar-refractivity contribution >= 4 is 29.3 Å². The molecule has 0 unspecified atom stereocenters. The quantitative estimate of drug-likeness (QED) is 0.526. The third-order valence-electron chi connectivity index (χ3n) is 5.69. The van der Waals surface area contributed by atoms with Gasteiger partial charge in [-0.15, -0.1) is 0 Å². The first-order valence-corrected chi connectivity index (χ1v) is 11.1. The topological polar surface area (TPSA) is 50.6 Å². The van der Waals surface area contributed by atoms with Crippen molar-refractivity contribution in [2.45, 2.75) is 13.5 Å². The van der Waals surface area contributed by atoms with E-state index >= 15 is 0 Å². The van der Waals surface area contributed by atoms with Crippen LogP contribution in [0.2, 0.25) is 5.15 Å². The van der Waals surface area contributed by atoms with Crippen LogP contribution in [0.4, 0.5) is 5.69 Å². The van der Waals surface area contributed by atoms with Gasteiger partial charge in [0.1, 0.15) is 10.9 Å². The number of carbonyl (C=O) groups is 1. The number of rotatable bonds is 6. The molecule has 1 aromatic heterocycles. The molecule has 1 saturated heterocycles. The molecule has 0 spiro atoms. The van der Waals surface area contributed by atoms with Crippen molar-refractivity contribution in [3.05, 3.63) is 82.6 Å². The van der Waals surface area contributed by atoms with Crippen molar-refractivity contribution < 1.29 is 9.53 Å². The molecule has 4 rings (SSSR count). The number of para-hydroxylation sites is 2. The number of piperazine rings is 1. The maximum atomic E-state index is 12.8. The number of anilines is 1. The van der Waals surface area contributed by atoms with Gasteiger partial charge in [-0.2, -0.15) is 5.10 Å². The molecule has 1 fully saturated rings. The second-order valence-electron chi connectivity index (χ2n) is 7.75. The Kier molecular flexibility index (Phi) is 6.81. The summed E-state index contributed by atoms with van der Waals surface area (Å²) in [5.41, 5.74) is 3.77. The summed E-state index contributed by atoms with van der Waals surface area (Å²) in [5.74, 6) is 0.834. The molecule has 1 aliphatic rings. The smallest absolute Gasteiger partial charge is 0.246 e. The van der Waals surface area contributed by atoms with Crippen LogP contribution in [0.3, 0.4) is 0 Å². The number of hydrogen-bond donors (Lipinski definition) is 0. The van der Waals surface area contributed by atoms with Crippen LogP contribution in [0, 0.1) is 6.92 Å². The van der Waals surface area contributed by atoms with Gasteiger partial charge in [0.2, 0.25) is 5.91 Å². The molecule has 7 heteroatoms. The van der Waals surface area contributed by atoms with Gasteiger partial charge in [-0.1, -0.05) is 54.1 Å². The predicted molar refractivity (Wildman–Crippen MR) is 128 cm³/mol. The molecule has 0 radical (unpaired) electrons. The zero-order valence-electron chi connectivity index (χ0n) is 18.4. The summed E-state index contributed by atoms with van der Waals surface area (Å²) in [6.45, 7) is 5.32. The second kappa shape index (κ2) is 9.92. The van der Waals surface area contributed by atoms with Crippen LogP contribution in [0.15, 0.2) is 60.7 Å². The SMILES string of the molecule is COc1ccccc1N1CCN(C(=O)C=Cc2c(C)nn(Cc3ccccc3)c2Cl)CC1. The maximum absolute atomic E-state index is 12.8. The van der Waals surface area contributed by atoms with Crippen molar-refractivity contribution in [3.63, 3.8) is 0 Å². The van der Waals surface area contributed by atoms with Crippen molar-refractivity contribution in [1.29, 1.82) is 0 Å². The molecule has 166 valence electrons. The third kappa shape index (κ3) is 4.81. The number of aryl methyl sites for hydroxylation is 1. The van der Waals surface area contributed by atoms with E-state index < -0.39 is 0 Å². The highest BCUT2D eigenvalue weighted by atomic mass is 35.5. The summed E-state index contributed by atoms with van der Waals surface area (Å²) in [4.78, 5) is 16.9. The van der Waals surface area contributed by atoms with E-state index in [0.717, 1.165) is 41.3 Å². The molecule has 0 saturated carbocycles. The summed E-state index contributed by atoms with van der Waals surface area (Å²) in [7, 11) is 1.68. The van der Waals surface area contributed by atoms with E-state index in [1.807, 2.05) is 66.4 Å². The lowest BCUT2D eigenvalue weighted by atomic mass is 10.2. The fourth-order valence-corrected chi connectivity index (χ4v) is 4.23. The Morgan fingerprint density at radius 2 is 1.75 bits per heavy atom. The van der Waals surface area contributed by atoms with Gasteiger partial charge in [0.25, 0.3) is 0 Å². The Morgan fingerprint density at radius 3 is 2.47 bits per heavy atom. The summed E-state index contributed by atoms with van der Waals surface area (Å²) < 4.78 is 7.23. The Bertz CT molecular complexity index is 1100. The van der Waals surface area contributed by atoms with Gasteiger partial charge in [0.05, 0.1) is 25.0 Å². The fourth-order valence-electron chi connectivity index (χ4n) is 3.94. The molecule has 0 aliphatic carbocycles. The molecule has 1 aliphatic heterocycles. The number of methoxy groups -OCH3 is 1. The van der Waals surface area contributed by atoms with Crippen molar-refractivity contribution in [1.82, 2.24) is 14.7 Å². The number of aromatic nitrogens is 2. The Balaban J connectivity index is 1.39. The first-order valence-electron chi connectivity index (χ1n) is 10.7. The average Bonchev–Trinajstić information content (AvgIpc) is 3.10. The van der Waals surface area contributed by atoms with Gasteiger partial charge in [0.15, 0.2) is 0 Å². The van der Waals surface area contributed by atoms with Gasteiger partial charge < -0.3 is 14.5 Å². The average molecular weight is 451 g/mol. The zero-order valence-corrected chi connectivity index (χ0v) is 19.1.